The highest BCUT2D eigenvalue weighted by atomic mass is 35.5. The van der Waals surface area contributed by atoms with Crippen LogP contribution in [0.5, 0.6) is 0 Å². The van der Waals surface area contributed by atoms with E-state index in [1.807, 2.05) is 30.3 Å². The molecule has 1 aliphatic heterocycles. The molecule has 0 atom stereocenters. The Morgan fingerprint density at radius 2 is 1.82 bits per heavy atom. The second-order valence-corrected chi connectivity index (χ2v) is 6.28. The maximum atomic E-state index is 12.1. The molecule has 138 valence electrons. The number of rotatable bonds is 4. The third kappa shape index (κ3) is 3.30. The Hall–Kier alpha value is -3.71. The van der Waals surface area contributed by atoms with Crippen molar-refractivity contribution in [3.8, 4) is 11.3 Å². The van der Waals surface area contributed by atoms with E-state index in [2.05, 4.69) is 5.16 Å². The lowest BCUT2D eigenvalue weighted by Gasteiger charge is -2.00. The molecule has 1 aliphatic rings. The standard InChI is InChI=1S/C20H11ClN2O5/c21-16-8-6-13(10-17(16)23(25)26)18-9-7-14(27-18)11-15-19(22-28-20(15)24)12-4-2-1-3-5-12/h1-11H/b15-11-. The SMILES string of the molecule is O=C1ON=C(c2ccccc2)/C1=C/c1ccc(-c2ccc(Cl)c([N+](=O)[O-])c2)o1. The highest BCUT2D eigenvalue weighted by Crippen LogP contribution is 2.32. The lowest BCUT2D eigenvalue weighted by molar-refractivity contribution is -0.384. The molecule has 2 heterocycles. The first-order valence-electron chi connectivity index (χ1n) is 8.14. The van der Waals surface area contributed by atoms with Gasteiger partial charge in [0.2, 0.25) is 0 Å². The van der Waals surface area contributed by atoms with Gasteiger partial charge < -0.3 is 9.25 Å². The van der Waals surface area contributed by atoms with Gasteiger partial charge in [0.1, 0.15) is 22.3 Å². The number of halogens is 1. The fraction of sp³-hybridized carbons (Fsp3) is 0. The number of hydrogen-bond donors (Lipinski definition) is 0. The molecule has 0 bridgehead atoms. The molecule has 0 fully saturated rings. The molecule has 0 saturated heterocycles. The number of benzene rings is 2. The minimum absolute atomic E-state index is 0.0417. The Morgan fingerprint density at radius 3 is 2.57 bits per heavy atom. The largest absolute Gasteiger partial charge is 0.457 e. The normalized spacial score (nSPS) is 14.8. The molecule has 3 aromatic rings. The summed E-state index contributed by atoms with van der Waals surface area (Å²) in [6.45, 7) is 0. The highest BCUT2D eigenvalue weighted by Gasteiger charge is 2.27. The first-order chi connectivity index (χ1) is 13.5. The summed E-state index contributed by atoms with van der Waals surface area (Å²) in [4.78, 5) is 27.4. The van der Waals surface area contributed by atoms with Gasteiger partial charge in [-0.2, -0.15) is 0 Å². The van der Waals surface area contributed by atoms with Crippen LogP contribution in [0.1, 0.15) is 11.3 Å². The van der Waals surface area contributed by atoms with Gasteiger partial charge in [-0.3, -0.25) is 10.1 Å². The van der Waals surface area contributed by atoms with Crippen molar-refractivity contribution >= 4 is 35.0 Å². The smallest absolute Gasteiger partial charge is 0.368 e. The van der Waals surface area contributed by atoms with Gasteiger partial charge in [-0.15, -0.1) is 0 Å². The van der Waals surface area contributed by atoms with Gasteiger partial charge in [0.15, 0.2) is 0 Å². The molecule has 0 N–H and O–H groups in total. The lowest BCUT2D eigenvalue weighted by Crippen LogP contribution is -2.06. The second-order valence-electron chi connectivity index (χ2n) is 5.87. The minimum atomic E-state index is -0.584. The summed E-state index contributed by atoms with van der Waals surface area (Å²) >= 11 is 5.84. The predicted molar refractivity (Wildman–Crippen MR) is 103 cm³/mol. The summed E-state index contributed by atoms with van der Waals surface area (Å²) in [5.41, 5.74) is 1.68. The van der Waals surface area contributed by atoms with Gasteiger partial charge in [-0.1, -0.05) is 47.1 Å². The minimum Gasteiger partial charge on any atom is -0.457 e. The van der Waals surface area contributed by atoms with Crippen molar-refractivity contribution in [3.05, 3.63) is 92.7 Å². The zero-order chi connectivity index (χ0) is 19.7. The molecule has 0 spiro atoms. The van der Waals surface area contributed by atoms with Gasteiger partial charge >= 0.3 is 5.97 Å². The lowest BCUT2D eigenvalue weighted by atomic mass is 10.0. The molecule has 0 amide bonds. The molecule has 4 rings (SSSR count). The summed E-state index contributed by atoms with van der Waals surface area (Å²) in [5, 5.41) is 14.9. The third-order valence-corrected chi connectivity index (χ3v) is 4.40. The van der Waals surface area contributed by atoms with E-state index in [4.69, 9.17) is 20.9 Å². The van der Waals surface area contributed by atoms with E-state index in [1.165, 1.54) is 18.2 Å². The molecule has 8 heteroatoms. The van der Waals surface area contributed by atoms with E-state index >= 15 is 0 Å². The van der Waals surface area contributed by atoms with E-state index in [9.17, 15) is 14.9 Å². The van der Waals surface area contributed by atoms with Crippen molar-refractivity contribution in [2.24, 2.45) is 5.16 Å². The van der Waals surface area contributed by atoms with Crippen molar-refractivity contribution in [2.45, 2.75) is 0 Å². The number of nitro groups is 1. The number of nitrogens with zero attached hydrogens (tertiary/aromatic N) is 2. The van der Waals surface area contributed by atoms with Crippen molar-refractivity contribution in [3.63, 3.8) is 0 Å². The number of furan rings is 1. The number of hydrogen-bond acceptors (Lipinski definition) is 6. The topological polar surface area (TPSA) is 94.9 Å². The van der Waals surface area contributed by atoms with Crippen LogP contribution in [-0.2, 0) is 9.63 Å². The number of oxime groups is 1. The maximum Gasteiger partial charge on any atom is 0.368 e. The third-order valence-electron chi connectivity index (χ3n) is 4.08. The van der Waals surface area contributed by atoms with Crippen LogP contribution in [-0.4, -0.2) is 16.6 Å². The van der Waals surface area contributed by atoms with Crippen molar-refractivity contribution in [2.75, 3.05) is 0 Å². The number of nitro benzene ring substituents is 1. The Bertz CT molecular complexity index is 1150. The molecule has 0 unspecified atom stereocenters. The quantitative estimate of drug-likeness (QED) is 0.273. The summed E-state index contributed by atoms with van der Waals surface area (Å²) in [5.74, 6) is 0.195. The summed E-state index contributed by atoms with van der Waals surface area (Å²) in [6.07, 6.45) is 1.52. The monoisotopic (exact) mass is 394 g/mol. The van der Waals surface area contributed by atoms with Crippen LogP contribution in [0.2, 0.25) is 5.02 Å². The van der Waals surface area contributed by atoms with E-state index < -0.39 is 10.9 Å². The summed E-state index contributed by atoms with van der Waals surface area (Å²) in [7, 11) is 0. The summed E-state index contributed by atoms with van der Waals surface area (Å²) < 4.78 is 5.73. The zero-order valence-electron chi connectivity index (χ0n) is 14.2. The van der Waals surface area contributed by atoms with Gasteiger partial charge in [-0.25, -0.2) is 4.79 Å². The molecule has 0 radical (unpaired) electrons. The maximum absolute atomic E-state index is 12.1. The van der Waals surface area contributed by atoms with Gasteiger partial charge in [0.05, 0.1) is 10.5 Å². The molecule has 2 aromatic carbocycles. The molecule has 28 heavy (non-hydrogen) atoms. The van der Waals surface area contributed by atoms with Crippen molar-refractivity contribution in [1.82, 2.24) is 0 Å². The van der Waals surface area contributed by atoms with E-state index in [-0.39, 0.29) is 16.3 Å². The van der Waals surface area contributed by atoms with Crippen LogP contribution >= 0.6 is 11.6 Å². The van der Waals surface area contributed by atoms with Crippen molar-refractivity contribution in [1.29, 1.82) is 0 Å². The number of carbonyl (C=O) groups is 1. The Labute approximate surface area is 163 Å². The molecular weight excluding hydrogens is 384 g/mol. The van der Waals surface area contributed by atoms with Crippen molar-refractivity contribution < 1.29 is 19.0 Å². The average molecular weight is 395 g/mol. The second kappa shape index (κ2) is 7.13. The predicted octanol–water partition coefficient (Wildman–Crippen LogP) is 4.85. The molecule has 0 aliphatic carbocycles. The Morgan fingerprint density at radius 1 is 1.04 bits per heavy atom. The van der Waals surface area contributed by atoms with Crippen LogP contribution in [0.25, 0.3) is 17.4 Å². The Balaban J connectivity index is 1.68. The van der Waals surface area contributed by atoms with E-state index in [0.717, 1.165) is 5.56 Å². The summed E-state index contributed by atoms with van der Waals surface area (Å²) in [6, 6.07) is 16.8. The first-order valence-corrected chi connectivity index (χ1v) is 8.52. The highest BCUT2D eigenvalue weighted by molar-refractivity contribution is 6.32. The van der Waals surface area contributed by atoms with Crippen LogP contribution in [0.3, 0.4) is 0 Å². The van der Waals surface area contributed by atoms with Gasteiger partial charge in [-0.05, 0) is 30.3 Å². The van der Waals surface area contributed by atoms with Crippen LogP contribution < -0.4 is 0 Å². The molecule has 0 saturated carbocycles. The van der Waals surface area contributed by atoms with Crippen LogP contribution in [0.4, 0.5) is 5.69 Å². The fourth-order valence-electron chi connectivity index (χ4n) is 2.75. The van der Waals surface area contributed by atoms with Gasteiger partial charge in [0, 0.05) is 17.2 Å². The van der Waals surface area contributed by atoms with Gasteiger partial charge in [0.25, 0.3) is 5.69 Å². The number of carbonyl (C=O) groups excluding carboxylic acids is 1. The molecular formula is C20H11ClN2O5. The zero-order valence-corrected chi connectivity index (χ0v) is 14.9. The molecule has 7 nitrogen and oxygen atoms in total. The molecule has 1 aromatic heterocycles. The fourth-order valence-corrected chi connectivity index (χ4v) is 2.93. The first kappa shape index (κ1) is 17.7. The van der Waals surface area contributed by atoms with Crippen LogP contribution in [0, 0.1) is 10.1 Å². The van der Waals surface area contributed by atoms with E-state index in [1.54, 1.807) is 18.2 Å². The average Bonchev–Trinajstić information content (AvgIpc) is 3.30. The van der Waals surface area contributed by atoms with Crippen LogP contribution in [0.15, 0.2) is 75.8 Å². The van der Waals surface area contributed by atoms with E-state index in [0.29, 0.717) is 22.8 Å². The Kier molecular flexibility index (Phi) is 4.50.